The highest BCUT2D eigenvalue weighted by Crippen LogP contribution is 2.18. The largest absolute Gasteiger partial charge is 0.463 e. The first-order valence-electron chi connectivity index (χ1n) is 5.80. The van der Waals surface area contributed by atoms with E-state index in [1.807, 2.05) is 5.43 Å². The number of nitrogens with one attached hydrogen (secondary N) is 1. The molecule has 2 amide bonds. The molecule has 0 radical (unpaired) electrons. The Hall–Kier alpha value is -3.16. The van der Waals surface area contributed by atoms with E-state index in [1.54, 1.807) is 0 Å². The van der Waals surface area contributed by atoms with Gasteiger partial charge >= 0.3 is 12.0 Å². The molecule has 0 aliphatic rings. The highest BCUT2D eigenvalue weighted by atomic mass is 16.5. The van der Waals surface area contributed by atoms with Gasteiger partial charge in [0.25, 0.3) is 0 Å². The fourth-order valence-electron chi connectivity index (χ4n) is 1.61. The highest BCUT2D eigenvalue weighted by molar-refractivity contribution is 5.87. The Morgan fingerprint density at radius 2 is 2.19 bits per heavy atom. The predicted octanol–water partition coefficient (Wildman–Crippen LogP) is 0.721. The third kappa shape index (κ3) is 3.44. The zero-order chi connectivity index (χ0) is 15.4. The van der Waals surface area contributed by atoms with Crippen molar-refractivity contribution in [2.75, 3.05) is 0 Å². The number of nitrogens with zero attached hydrogens (tertiary/aromatic N) is 1. The number of carbonyl (C=O) groups is 2. The quantitative estimate of drug-likeness (QED) is 0.373. The average Bonchev–Trinajstić information content (AvgIpc) is 2.41. The lowest BCUT2D eigenvalue weighted by Crippen LogP contribution is -2.24. The molecule has 1 heterocycles. The molecule has 21 heavy (non-hydrogen) atoms. The minimum atomic E-state index is -0.853. The van der Waals surface area contributed by atoms with Crippen LogP contribution in [0.1, 0.15) is 12.5 Å². The molecule has 1 aromatic carbocycles. The van der Waals surface area contributed by atoms with Crippen LogP contribution in [0.3, 0.4) is 0 Å². The Balaban J connectivity index is 2.44. The summed E-state index contributed by atoms with van der Waals surface area (Å²) in [6.45, 7) is 1.26. The molecule has 8 nitrogen and oxygen atoms in total. The second-order valence-corrected chi connectivity index (χ2v) is 4.01. The third-order valence-corrected chi connectivity index (χ3v) is 2.41. The second kappa shape index (κ2) is 5.87. The van der Waals surface area contributed by atoms with E-state index in [4.69, 9.17) is 14.9 Å². The van der Waals surface area contributed by atoms with Gasteiger partial charge in [-0.05, 0) is 18.2 Å². The Bertz CT molecular complexity index is 794. The number of esters is 1. The number of ether oxygens (including phenoxy) is 1. The summed E-state index contributed by atoms with van der Waals surface area (Å²) in [5.41, 5.74) is 6.85. The topological polar surface area (TPSA) is 124 Å². The van der Waals surface area contributed by atoms with Crippen molar-refractivity contribution in [1.82, 2.24) is 5.43 Å². The van der Waals surface area contributed by atoms with Gasteiger partial charge in [0.05, 0.1) is 17.2 Å². The van der Waals surface area contributed by atoms with Crippen molar-refractivity contribution in [1.29, 1.82) is 0 Å². The van der Waals surface area contributed by atoms with Crippen LogP contribution in [-0.4, -0.2) is 18.2 Å². The van der Waals surface area contributed by atoms with Crippen molar-refractivity contribution in [3.63, 3.8) is 0 Å². The molecule has 8 heteroatoms. The molecule has 1 aromatic heterocycles. The van der Waals surface area contributed by atoms with Crippen LogP contribution in [0.25, 0.3) is 11.0 Å². The third-order valence-electron chi connectivity index (χ3n) is 2.41. The fraction of sp³-hybridized carbons (Fsp3) is 0.0769. The molecule has 0 unspecified atom stereocenters. The van der Waals surface area contributed by atoms with Crippen molar-refractivity contribution in [3.05, 3.63) is 40.2 Å². The first kappa shape index (κ1) is 14.3. The van der Waals surface area contributed by atoms with Crippen molar-refractivity contribution >= 4 is 29.2 Å². The smallest absolute Gasteiger partial charge is 0.332 e. The van der Waals surface area contributed by atoms with Crippen molar-refractivity contribution in [3.8, 4) is 5.75 Å². The van der Waals surface area contributed by atoms with Crippen LogP contribution in [0.4, 0.5) is 4.79 Å². The molecule has 0 saturated heterocycles. The van der Waals surface area contributed by atoms with E-state index in [2.05, 4.69) is 5.10 Å². The number of hydrogen-bond acceptors (Lipinski definition) is 6. The number of benzene rings is 1. The van der Waals surface area contributed by atoms with Crippen LogP contribution in [0.5, 0.6) is 5.75 Å². The molecule has 0 aliphatic heterocycles. The van der Waals surface area contributed by atoms with Gasteiger partial charge in [-0.3, -0.25) is 9.59 Å². The maximum Gasteiger partial charge on any atom is 0.332 e. The van der Waals surface area contributed by atoms with Crippen molar-refractivity contribution < 1.29 is 18.7 Å². The average molecular weight is 289 g/mol. The minimum Gasteiger partial charge on any atom is -0.463 e. The Labute approximate surface area is 118 Å². The summed E-state index contributed by atoms with van der Waals surface area (Å²) in [6.07, 6.45) is 2.30. The van der Waals surface area contributed by atoms with Gasteiger partial charge in [0.1, 0.15) is 17.6 Å². The maximum absolute atomic E-state index is 12.2. The number of hydrogen-bond donors (Lipinski definition) is 2. The summed E-state index contributed by atoms with van der Waals surface area (Å²) in [6, 6.07) is 3.56. The van der Waals surface area contributed by atoms with Crippen LogP contribution in [0.2, 0.25) is 0 Å². The highest BCUT2D eigenvalue weighted by Gasteiger charge is 2.08. The van der Waals surface area contributed by atoms with Gasteiger partial charge in [0.15, 0.2) is 0 Å². The zero-order valence-corrected chi connectivity index (χ0v) is 11.0. The molecule has 0 fully saturated rings. The van der Waals surface area contributed by atoms with Gasteiger partial charge in [-0.1, -0.05) is 0 Å². The first-order chi connectivity index (χ1) is 9.97. The normalized spacial score (nSPS) is 10.7. The van der Waals surface area contributed by atoms with Gasteiger partial charge < -0.3 is 14.9 Å². The van der Waals surface area contributed by atoms with E-state index in [0.717, 1.165) is 6.21 Å². The number of nitrogens with two attached hydrogens (primary N) is 1. The number of rotatable bonds is 3. The molecular formula is C13H11N3O5. The van der Waals surface area contributed by atoms with Crippen molar-refractivity contribution in [2.24, 2.45) is 10.8 Å². The van der Waals surface area contributed by atoms with Gasteiger partial charge in [0.2, 0.25) is 5.43 Å². The van der Waals surface area contributed by atoms with Gasteiger partial charge in [-0.15, -0.1) is 0 Å². The van der Waals surface area contributed by atoms with Crippen LogP contribution >= 0.6 is 0 Å². The summed E-state index contributed by atoms with van der Waals surface area (Å²) >= 11 is 0. The van der Waals surface area contributed by atoms with Crippen molar-refractivity contribution in [2.45, 2.75) is 6.92 Å². The molecule has 0 bridgehead atoms. The monoisotopic (exact) mass is 289 g/mol. The lowest BCUT2D eigenvalue weighted by Gasteiger charge is -2.03. The summed E-state index contributed by atoms with van der Waals surface area (Å²) in [5, 5.41) is 3.70. The predicted molar refractivity (Wildman–Crippen MR) is 74.1 cm³/mol. The fourth-order valence-corrected chi connectivity index (χ4v) is 1.61. The summed E-state index contributed by atoms with van der Waals surface area (Å²) in [5.74, 6) is -0.270. The summed E-state index contributed by atoms with van der Waals surface area (Å²) in [4.78, 5) is 33.6. The zero-order valence-electron chi connectivity index (χ0n) is 11.0. The number of fused-ring (bicyclic) bond motifs is 1. The van der Waals surface area contributed by atoms with E-state index in [9.17, 15) is 14.4 Å². The standard InChI is InChI=1S/C13H11N3O5/c1-7(17)21-9-2-3-11-10(4-9)12(18)8(6-20-11)5-15-16-13(14)19/h2-6H,1H3,(H3,14,16,19). The molecule has 0 spiro atoms. The van der Waals surface area contributed by atoms with E-state index < -0.39 is 12.0 Å². The Kier molecular flexibility index (Phi) is 3.98. The van der Waals surface area contributed by atoms with E-state index in [0.29, 0.717) is 5.58 Å². The number of primary amides is 1. The number of hydrazone groups is 1. The van der Waals surface area contributed by atoms with Gasteiger partial charge in [0, 0.05) is 6.92 Å². The lowest BCUT2D eigenvalue weighted by atomic mass is 10.2. The number of urea groups is 1. The summed E-state index contributed by atoms with van der Waals surface area (Å²) in [7, 11) is 0. The molecule has 3 N–H and O–H groups in total. The molecule has 108 valence electrons. The molecular weight excluding hydrogens is 278 g/mol. The lowest BCUT2D eigenvalue weighted by molar-refractivity contribution is -0.131. The Morgan fingerprint density at radius 1 is 1.43 bits per heavy atom. The molecule has 2 rings (SSSR count). The van der Waals surface area contributed by atoms with E-state index in [1.165, 1.54) is 31.4 Å². The second-order valence-electron chi connectivity index (χ2n) is 4.01. The number of carbonyl (C=O) groups excluding carboxylic acids is 2. The van der Waals surface area contributed by atoms with E-state index in [-0.39, 0.29) is 22.1 Å². The van der Waals surface area contributed by atoms with Crippen LogP contribution in [0.15, 0.2) is 38.8 Å². The van der Waals surface area contributed by atoms with Crippen LogP contribution in [0, 0.1) is 0 Å². The van der Waals surface area contributed by atoms with Crippen LogP contribution < -0.4 is 21.3 Å². The van der Waals surface area contributed by atoms with E-state index >= 15 is 0 Å². The van der Waals surface area contributed by atoms with Gasteiger partial charge in [-0.25, -0.2) is 10.2 Å². The summed E-state index contributed by atoms with van der Waals surface area (Å²) < 4.78 is 10.2. The van der Waals surface area contributed by atoms with Crippen LogP contribution in [-0.2, 0) is 4.79 Å². The SMILES string of the molecule is CC(=O)Oc1ccc2occ(C=NNC(N)=O)c(=O)c2c1. The Morgan fingerprint density at radius 3 is 2.86 bits per heavy atom. The first-order valence-corrected chi connectivity index (χ1v) is 5.80. The number of amides is 2. The molecule has 0 saturated carbocycles. The minimum absolute atomic E-state index is 0.108. The van der Waals surface area contributed by atoms with Gasteiger partial charge in [-0.2, -0.15) is 5.10 Å². The molecule has 2 aromatic rings. The molecule has 0 aliphatic carbocycles. The maximum atomic E-state index is 12.2. The molecule has 0 atom stereocenters.